The van der Waals surface area contributed by atoms with Gasteiger partial charge in [0.1, 0.15) is 11.6 Å². The molecule has 2 heterocycles. The van der Waals surface area contributed by atoms with Gasteiger partial charge in [0, 0.05) is 12.6 Å². The Morgan fingerprint density at radius 2 is 2.00 bits per heavy atom. The van der Waals surface area contributed by atoms with Crippen LogP contribution in [0.15, 0.2) is 42.6 Å². The summed E-state index contributed by atoms with van der Waals surface area (Å²) in [5.74, 6) is 1.68. The number of fused-ring (bicyclic) bond motifs is 1. The molecule has 4 nitrogen and oxygen atoms in total. The van der Waals surface area contributed by atoms with E-state index in [-0.39, 0.29) is 0 Å². The third-order valence-corrected chi connectivity index (χ3v) is 3.40. The van der Waals surface area contributed by atoms with Crippen molar-refractivity contribution in [2.24, 2.45) is 0 Å². The van der Waals surface area contributed by atoms with Crippen LogP contribution in [0.2, 0.25) is 0 Å². The van der Waals surface area contributed by atoms with Crippen molar-refractivity contribution in [3.05, 3.63) is 54.0 Å². The fraction of sp³-hybridized carbons (Fsp3) is 0.250. The first kappa shape index (κ1) is 12.7. The highest BCUT2D eigenvalue weighted by molar-refractivity contribution is 5.76. The number of nitrogens with zero attached hydrogens (tertiary/aromatic N) is 3. The van der Waals surface area contributed by atoms with Crippen LogP contribution in [0.5, 0.6) is 0 Å². The van der Waals surface area contributed by atoms with Crippen LogP contribution in [0, 0.1) is 0 Å². The predicted octanol–water partition coefficient (Wildman–Crippen LogP) is 3.01. The zero-order valence-electron chi connectivity index (χ0n) is 11.6. The van der Waals surface area contributed by atoms with E-state index in [9.17, 15) is 0 Å². The third kappa shape index (κ3) is 2.37. The van der Waals surface area contributed by atoms with Gasteiger partial charge in [0.15, 0.2) is 0 Å². The first-order valence-electron chi connectivity index (χ1n) is 6.92. The Hall–Kier alpha value is -2.36. The van der Waals surface area contributed by atoms with Crippen LogP contribution in [-0.4, -0.2) is 14.5 Å². The molecule has 20 heavy (non-hydrogen) atoms. The minimum Gasteiger partial charge on any atom is -0.384 e. The second-order valence-corrected chi connectivity index (χ2v) is 4.94. The number of aromatic nitrogens is 3. The molecule has 102 valence electrons. The van der Waals surface area contributed by atoms with E-state index in [1.54, 1.807) is 0 Å². The number of rotatable bonds is 4. The quantitative estimate of drug-likeness (QED) is 0.789. The molecule has 4 heteroatoms. The Labute approximate surface area is 118 Å². The predicted molar refractivity (Wildman–Crippen MR) is 81.5 cm³/mol. The molecule has 0 radical (unpaired) electrons. The van der Waals surface area contributed by atoms with Gasteiger partial charge in [0.25, 0.3) is 0 Å². The summed E-state index contributed by atoms with van der Waals surface area (Å²) in [7, 11) is 0. The summed E-state index contributed by atoms with van der Waals surface area (Å²) in [4.78, 5) is 8.89. The lowest BCUT2D eigenvalue weighted by Crippen LogP contribution is -2.05. The molecule has 3 rings (SSSR count). The van der Waals surface area contributed by atoms with Gasteiger partial charge in [0.05, 0.1) is 17.6 Å². The van der Waals surface area contributed by atoms with E-state index in [0.29, 0.717) is 5.82 Å². The lowest BCUT2D eigenvalue weighted by atomic mass is 10.2. The van der Waals surface area contributed by atoms with Crippen LogP contribution >= 0.6 is 0 Å². The third-order valence-electron chi connectivity index (χ3n) is 3.40. The van der Waals surface area contributed by atoms with Gasteiger partial charge in [-0.3, -0.25) is 0 Å². The first-order valence-corrected chi connectivity index (χ1v) is 6.92. The Morgan fingerprint density at radius 1 is 1.15 bits per heavy atom. The van der Waals surface area contributed by atoms with Crippen LogP contribution in [0.25, 0.3) is 11.0 Å². The Balaban J connectivity index is 2.04. The van der Waals surface area contributed by atoms with Gasteiger partial charge in [-0.15, -0.1) is 0 Å². The maximum atomic E-state index is 5.64. The fourth-order valence-corrected chi connectivity index (χ4v) is 2.43. The number of nitrogens with two attached hydrogens (primary N) is 1. The molecule has 0 bridgehead atoms. The summed E-state index contributed by atoms with van der Waals surface area (Å²) in [6, 6.07) is 12.1. The molecule has 0 fully saturated rings. The molecular formula is C16H18N4. The SMILES string of the molecule is CCCc1nc2ccccc2n1Cc1ccc(N)nc1. The Kier molecular flexibility index (Phi) is 3.37. The molecule has 1 aromatic carbocycles. The van der Waals surface area contributed by atoms with Crippen LogP contribution in [-0.2, 0) is 13.0 Å². The number of aryl methyl sites for hydroxylation is 1. The van der Waals surface area contributed by atoms with Gasteiger partial charge in [-0.1, -0.05) is 25.1 Å². The molecule has 2 aromatic heterocycles. The molecule has 0 aliphatic carbocycles. The maximum absolute atomic E-state index is 5.64. The van der Waals surface area contributed by atoms with E-state index < -0.39 is 0 Å². The number of nitrogen functional groups attached to an aromatic ring is 1. The summed E-state index contributed by atoms with van der Waals surface area (Å²) < 4.78 is 2.27. The summed E-state index contributed by atoms with van der Waals surface area (Å²) in [5.41, 5.74) is 9.01. The second-order valence-electron chi connectivity index (χ2n) is 4.94. The number of imidazole rings is 1. The summed E-state index contributed by atoms with van der Waals surface area (Å²) in [6.45, 7) is 2.96. The molecule has 0 amide bonds. The van der Waals surface area contributed by atoms with Gasteiger partial charge in [-0.2, -0.15) is 0 Å². The Morgan fingerprint density at radius 3 is 2.75 bits per heavy atom. The monoisotopic (exact) mass is 266 g/mol. The molecule has 0 atom stereocenters. The maximum Gasteiger partial charge on any atom is 0.123 e. The molecule has 0 saturated heterocycles. The summed E-state index contributed by atoms with van der Waals surface area (Å²) in [5, 5.41) is 0. The molecule has 0 aliphatic rings. The van der Waals surface area contributed by atoms with Crippen LogP contribution < -0.4 is 5.73 Å². The topological polar surface area (TPSA) is 56.7 Å². The molecule has 2 N–H and O–H groups in total. The molecule has 3 aromatic rings. The van der Waals surface area contributed by atoms with Crippen molar-refractivity contribution in [3.8, 4) is 0 Å². The van der Waals surface area contributed by atoms with Gasteiger partial charge in [-0.25, -0.2) is 9.97 Å². The number of benzene rings is 1. The zero-order valence-corrected chi connectivity index (χ0v) is 11.6. The van der Waals surface area contributed by atoms with Gasteiger partial charge in [0.2, 0.25) is 0 Å². The van der Waals surface area contributed by atoms with Crippen molar-refractivity contribution in [1.29, 1.82) is 0 Å². The lowest BCUT2D eigenvalue weighted by molar-refractivity contribution is 0.720. The fourth-order valence-electron chi connectivity index (χ4n) is 2.43. The van der Waals surface area contributed by atoms with Gasteiger partial charge in [-0.05, 0) is 30.2 Å². The standard InChI is InChI=1S/C16H18N4/c1-2-5-16-19-13-6-3-4-7-14(13)20(16)11-12-8-9-15(17)18-10-12/h3-4,6-10H,2,5,11H2,1H3,(H2,17,18). The number of anilines is 1. The van der Waals surface area contributed by atoms with E-state index in [1.165, 1.54) is 5.52 Å². The van der Waals surface area contributed by atoms with Crippen molar-refractivity contribution in [2.75, 3.05) is 5.73 Å². The highest BCUT2D eigenvalue weighted by Gasteiger charge is 2.10. The highest BCUT2D eigenvalue weighted by Crippen LogP contribution is 2.19. The molecule has 0 spiro atoms. The molecule has 0 unspecified atom stereocenters. The summed E-state index contributed by atoms with van der Waals surface area (Å²) in [6.07, 6.45) is 3.90. The van der Waals surface area contributed by atoms with E-state index >= 15 is 0 Å². The second kappa shape index (κ2) is 5.33. The van der Waals surface area contributed by atoms with E-state index in [2.05, 4.69) is 34.7 Å². The number of hydrogen-bond donors (Lipinski definition) is 1. The van der Waals surface area contributed by atoms with Crippen molar-refractivity contribution in [3.63, 3.8) is 0 Å². The molecule has 0 saturated carbocycles. The minimum atomic E-state index is 0.554. The van der Waals surface area contributed by atoms with Gasteiger partial charge >= 0.3 is 0 Å². The normalized spacial score (nSPS) is 11.1. The van der Waals surface area contributed by atoms with Crippen LogP contribution in [0.3, 0.4) is 0 Å². The van der Waals surface area contributed by atoms with E-state index in [0.717, 1.165) is 36.3 Å². The Bertz CT molecular complexity index is 713. The van der Waals surface area contributed by atoms with E-state index in [4.69, 9.17) is 10.7 Å². The average Bonchev–Trinajstić information content (AvgIpc) is 2.80. The van der Waals surface area contributed by atoms with Crippen molar-refractivity contribution in [2.45, 2.75) is 26.3 Å². The van der Waals surface area contributed by atoms with Crippen molar-refractivity contribution >= 4 is 16.9 Å². The number of hydrogen-bond acceptors (Lipinski definition) is 3. The minimum absolute atomic E-state index is 0.554. The van der Waals surface area contributed by atoms with Gasteiger partial charge < -0.3 is 10.3 Å². The first-order chi connectivity index (χ1) is 9.78. The average molecular weight is 266 g/mol. The lowest BCUT2D eigenvalue weighted by Gasteiger charge is -2.09. The van der Waals surface area contributed by atoms with Crippen molar-refractivity contribution < 1.29 is 0 Å². The largest absolute Gasteiger partial charge is 0.384 e. The number of pyridine rings is 1. The number of para-hydroxylation sites is 2. The molecule has 0 aliphatic heterocycles. The summed E-state index contributed by atoms with van der Waals surface area (Å²) >= 11 is 0. The highest BCUT2D eigenvalue weighted by atomic mass is 15.1. The van der Waals surface area contributed by atoms with Crippen LogP contribution in [0.4, 0.5) is 5.82 Å². The van der Waals surface area contributed by atoms with Crippen molar-refractivity contribution in [1.82, 2.24) is 14.5 Å². The smallest absolute Gasteiger partial charge is 0.123 e. The van der Waals surface area contributed by atoms with Crippen LogP contribution in [0.1, 0.15) is 24.7 Å². The zero-order chi connectivity index (χ0) is 13.9. The van der Waals surface area contributed by atoms with E-state index in [1.807, 2.05) is 24.4 Å². The molecular weight excluding hydrogens is 248 g/mol.